The molecule has 0 unspecified atom stereocenters. The van der Waals surface area contributed by atoms with E-state index in [-0.39, 0.29) is 11.7 Å². The molecular formula is C22H23FN4O. The lowest BCUT2D eigenvalue weighted by molar-refractivity contribution is 0.0646. The average Bonchev–Trinajstić information content (AvgIpc) is 3.16. The van der Waals surface area contributed by atoms with Crippen molar-refractivity contribution in [2.45, 2.75) is 0 Å². The molecule has 0 radical (unpaired) electrons. The molecule has 5 nitrogen and oxygen atoms in total. The number of benzene rings is 2. The van der Waals surface area contributed by atoms with Gasteiger partial charge >= 0.3 is 0 Å². The molecule has 0 spiro atoms. The molecule has 1 fully saturated rings. The highest BCUT2D eigenvalue weighted by Crippen LogP contribution is 2.23. The van der Waals surface area contributed by atoms with Gasteiger partial charge in [-0.3, -0.25) is 4.79 Å². The van der Waals surface area contributed by atoms with Crippen molar-refractivity contribution in [2.75, 3.05) is 33.7 Å². The Morgan fingerprint density at radius 1 is 1.11 bits per heavy atom. The van der Waals surface area contributed by atoms with Gasteiger partial charge in [0.25, 0.3) is 5.91 Å². The molecule has 1 aliphatic rings. The number of nitrogens with zero attached hydrogens (tertiary/aromatic N) is 4. The summed E-state index contributed by atoms with van der Waals surface area (Å²) in [7, 11) is 3.95. The number of carbonyl (C=O) groups excluding carboxylic acids is 1. The molecule has 1 saturated heterocycles. The third kappa shape index (κ3) is 3.68. The molecule has 0 saturated carbocycles. The summed E-state index contributed by atoms with van der Waals surface area (Å²) < 4.78 is 15.0. The normalized spacial score (nSPS) is 14.7. The van der Waals surface area contributed by atoms with Crippen LogP contribution in [0, 0.1) is 11.7 Å². The summed E-state index contributed by atoms with van der Waals surface area (Å²) in [5.74, 6) is 0.316. The first-order valence-electron chi connectivity index (χ1n) is 9.35. The quantitative estimate of drug-likeness (QED) is 0.684. The maximum atomic E-state index is 13.2. The van der Waals surface area contributed by atoms with Gasteiger partial charge in [-0.25, -0.2) is 9.07 Å². The average molecular weight is 378 g/mol. The minimum absolute atomic E-state index is 0.0281. The first-order chi connectivity index (χ1) is 13.5. The van der Waals surface area contributed by atoms with Crippen LogP contribution in [0.25, 0.3) is 16.9 Å². The maximum Gasteiger partial charge on any atom is 0.253 e. The monoisotopic (exact) mass is 378 g/mol. The summed E-state index contributed by atoms with van der Waals surface area (Å²) in [6.45, 7) is 2.86. The van der Waals surface area contributed by atoms with E-state index in [0.29, 0.717) is 11.5 Å². The minimum Gasteiger partial charge on any atom is -0.341 e. The molecule has 4 rings (SSSR count). The Balaban J connectivity index is 1.50. The smallest absolute Gasteiger partial charge is 0.253 e. The molecule has 0 bridgehead atoms. The van der Waals surface area contributed by atoms with E-state index in [0.717, 1.165) is 36.6 Å². The minimum atomic E-state index is -0.268. The largest absolute Gasteiger partial charge is 0.341 e. The molecule has 2 heterocycles. The van der Waals surface area contributed by atoms with Crippen LogP contribution in [-0.4, -0.2) is 59.2 Å². The Labute approximate surface area is 164 Å². The van der Waals surface area contributed by atoms with E-state index >= 15 is 0 Å². The van der Waals surface area contributed by atoms with Crippen molar-refractivity contribution in [1.82, 2.24) is 19.6 Å². The molecule has 0 aliphatic carbocycles. The van der Waals surface area contributed by atoms with E-state index in [2.05, 4.69) is 17.0 Å². The highest BCUT2D eigenvalue weighted by Gasteiger charge is 2.26. The van der Waals surface area contributed by atoms with Crippen molar-refractivity contribution in [3.05, 3.63) is 72.2 Å². The van der Waals surface area contributed by atoms with Crippen molar-refractivity contribution < 1.29 is 9.18 Å². The van der Waals surface area contributed by atoms with Crippen molar-refractivity contribution in [3.8, 4) is 16.9 Å². The molecular weight excluding hydrogens is 355 g/mol. The van der Waals surface area contributed by atoms with Gasteiger partial charge in [-0.1, -0.05) is 0 Å². The van der Waals surface area contributed by atoms with Gasteiger partial charge in [0, 0.05) is 43.7 Å². The summed E-state index contributed by atoms with van der Waals surface area (Å²) >= 11 is 0. The van der Waals surface area contributed by atoms with Crippen LogP contribution in [0.5, 0.6) is 0 Å². The van der Waals surface area contributed by atoms with Crippen LogP contribution in [-0.2, 0) is 0 Å². The van der Waals surface area contributed by atoms with E-state index in [1.54, 1.807) is 27.9 Å². The highest BCUT2D eigenvalue weighted by atomic mass is 19.1. The summed E-state index contributed by atoms with van der Waals surface area (Å²) in [5.41, 5.74) is 3.26. The number of amides is 1. The van der Waals surface area contributed by atoms with Crippen LogP contribution in [0.3, 0.4) is 0 Å². The van der Waals surface area contributed by atoms with Gasteiger partial charge in [0.05, 0.1) is 17.6 Å². The fourth-order valence-electron chi connectivity index (χ4n) is 3.73. The standard InChI is InChI=1S/C22H23FN4O/c1-25-13-16(14-25)15-26(2)22(28)18-5-9-20(10-6-18)27-21(11-12-24-27)17-3-7-19(23)8-4-17/h3-12,16H,13-15H2,1-2H3. The van der Waals surface area contributed by atoms with Crippen LogP contribution >= 0.6 is 0 Å². The van der Waals surface area contributed by atoms with Gasteiger partial charge in [-0.05, 0) is 61.6 Å². The van der Waals surface area contributed by atoms with Crippen LogP contribution < -0.4 is 0 Å². The molecule has 2 aromatic carbocycles. The lowest BCUT2D eigenvalue weighted by atomic mass is 10.0. The molecule has 6 heteroatoms. The molecule has 144 valence electrons. The van der Waals surface area contributed by atoms with E-state index in [1.165, 1.54) is 12.1 Å². The third-order valence-corrected chi connectivity index (χ3v) is 5.16. The maximum absolute atomic E-state index is 13.2. The van der Waals surface area contributed by atoms with Crippen LogP contribution in [0.15, 0.2) is 60.8 Å². The molecule has 1 amide bonds. The molecule has 0 N–H and O–H groups in total. The first-order valence-corrected chi connectivity index (χ1v) is 9.35. The lowest BCUT2D eigenvalue weighted by Gasteiger charge is -2.38. The number of hydrogen-bond donors (Lipinski definition) is 0. The Morgan fingerprint density at radius 2 is 1.79 bits per heavy atom. The predicted octanol–water partition coefficient (Wildman–Crippen LogP) is 3.31. The third-order valence-electron chi connectivity index (χ3n) is 5.16. The summed E-state index contributed by atoms with van der Waals surface area (Å²) in [6.07, 6.45) is 1.71. The van der Waals surface area contributed by atoms with E-state index in [1.807, 2.05) is 37.4 Å². The molecule has 3 aromatic rings. The van der Waals surface area contributed by atoms with E-state index < -0.39 is 0 Å². The topological polar surface area (TPSA) is 41.4 Å². The summed E-state index contributed by atoms with van der Waals surface area (Å²) in [6, 6.07) is 15.6. The fourth-order valence-corrected chi connectivity index (χ4v) is 3.73. The Hall–Kier alpha value is -2.99. The SMILES string of the molecule is CN1CC(CN(C)C(=O)c2ccc(-n3nccc3-c3ccc(F)cc3)cc2)C1. The van der Waals surface area contributed by atoms with Crippen LogP contribution in [0.1, 0.15) is 10.4 Å². The zero-order valence-electron chi connectivity index (χ0n) is 16.0. The zero-order chi connectivity index (χ0) is 19.7. The number of rotatable bonds is 5. The van der Waals surface area contributed by atoms with Crippen molar-refractivity contribution in [3.63, 3.8) is 0 Å². The summed E-state index contributed by atoms with van der Waals surface area (Å²) in [5, 5.41) is 4.38. The van der Waals surface area contributed by atoms with E-state index in [4.69, 9.17) is 0 Å². The van der Waals surface area contributed by atoms with Crippen LogP contribution in [0.4, 0.5) is 4.39 Å². The Morgan fingerprint density at radius 3 is 2.43 bits per heavy atom. The van der Waals surface area contributed by atoms with Crippen molar-refractivity contribution in [2.24, 2.45) is 5.92 Å². The number of carbonyl (C=O) groups is 1. The Kier molecular flexibility index (Phi) is 4.96. The molecule has 28 heavy (non-hydrogen) atoms. The predicted molar refractivity (Wildman–Crippen MR) is 107 cm³/mol. The summed E-state index contributed by atoms with van der Waals surface area (Å²) in [4.78, 5) is 16.7. The second-order valence-electron chi connectivity index (χ2n) is 7.45. The van der Waals surface area contributed by atoms with Crippen molar-refractivity contribution in [1.29, 1.82) is 0 Å². The Bertz CT molecular complexity index is 959. The molecule has 0 atom stereocenters. The number of halogens is 1. The van der Waals surface area contributed by atoms with Gasteiger partial charge in [0.15, 0.2) is 0 Å². The number of hydrogen-bond acceptors (Lipinski definition) is 3. The van der Waals surface area contributed by atoms with Gasteiger partial charge in [-0.15, -0.1) is 0 Å². The first kappa shape index (κ1) is 18.4. The number of likely N-dealkylation sites (tertiary alicyclic amines) is 1. The second-order valence-corrected chi connectivity index (χ2v) is 7.45. The van der Waals surface area contributed by atoms with Gasteiger partial charge in [0.1, 0.15) is 5.82 Å². The fraction of sp³-hybridized carbons (Fsp3) is 0.273. The molecule has 1 aliphatic heterocycles. The van der Waals surface area contributed by atoms with Gasteiger partial charge < -0.3 is 9.80 Å². The highest BCUT2D eigenvalue weighted by molar-refractivity contribution is 5.94. The molecule has 1 aromatic heterocycles. The zero-order valence-corrected chi connectivity index (χ0v) is 16.0. The van der Waals surface area contributed by atoms with Crippen molar-refractivity contribution >= 4 is 5.91 Å². The lowest BCUT2D eigenvalue weighted by Crippen LogP contribution is -2.49. The second kappa shape index (κ2) is 7.56. The van der Waals surface area contributed by atoms with Gasteiger partial charge in [0.2, 0.25) is 0 Å². The van der Waals surface area contributed by atoms with E-state index in [9.17, 15) is 9.18 Å². The van der Waals surface area contributed by atoms with Crippen LogP contribution in [0.2, 0.25) is 0 Å². The van der Waals surface area contributed by atoms with Gasteiger partial charge in [-0.2, -0.15) is 5.10 Å². The number of aromatic nitrogens is 2.